The number of rotatable bonds is 1. The molecule has 3 aliphatic rings. The van der Waals surface area contributed by atoms with E-state index in [4.69, 9.17) is 0 Å². The summed E-state index contributed by atoms with van der Waals surface area (Å²) in [7, 11) is 0. The molecule has 4 atom stereocenters. The molecule has 1 aliphatic heterocycles. The van der Waals surface area contributed by atoms with Crippen LogP contribution in [0, 0.1) is 37.0 Å². The van der Waals surface area contributed by atoms with E-state index in [0.29, 0.717) is 23.2 Å². The minimum Gasteiger partial charge on any atom is -0.368 e. The van der Waals surface area contributed by atoms with Gasteiger partial charge in [0, 0.05) is 23.5 Å². The lowest BCUT2D eigenvalue weighted by atomic mass is 9.84. The molecule has 0 radical (unpaired) electrons. The highest BCUT2D eigenvalue weighted by molar-refractivity contribution is 5.90. The van der Waals surface area contributed by atoms with Crippen LogP contribution >= 0.6 is 0 Å². The number of aliphatic hydroxyl groups is 1. The first kappa shape index (κ1) is 13.2. The van der Waals surface area contributed by atoms with Gasteiger partial charge in [-0.05, 0) is 44.1 Å². The van der Waals surface area contributed by atoms with Crippen LogP contribution in [0.5, 0.6) is 0 Å². The van der Waals surface area contributed by atoms with Gasteiger partial charge >= 0.3 is 0 Å². The molecule has 1 N–H and O–H groups in total. The topological polar surface area (TPSA) is 61.6 Å². The van der Waals surface area contributed by atoms with Crippen molar-refractivity contribution in [2.45, 2.75) is 46.8 Å². The van der Waals surface area contributed by atoms with Gasteiger partial charge in [-0.3, -0.25) is 0 Å². The molecule has 112 valence electrons. The van der Waals surface area contributed by atoms with E-state index < -0.39 is 5.72 Å². The van der Waals surface area contributed by atoms with Gasteiger partial charge < -0.3 is 5.11 Å². The van der Waals surface area contributed by atoms with Gasteiger partial charge in [-0.2, -0.15) is 10.1 Å². The minimum absolute atomic E-state index is 0.113. The zero-order valence-electron chi connectivity index (χ0n) is 13.3. The molecule has 21 heavy (non-hydrogen) atoms. The Labute approximate surface area is 125 Å². The summed E-state index contributed by atoms with van der Waals surface area (Å²) < 4.78 is 0. The smallest absolute Gasteiger partial charge is 0.249 e. The SMILES string of the molecule is CC1=NN(c2nc(C)cc(C)n2)[C@]2(O)C[C@@H]3[C@@H]([C@H]12)C3(C)C. The number of hydrogen-bond donors (Lipinski definition) is 1. The van der Waals surface area contributed by atoms with Crippen LogP contribution in [0.2, 0.25) is 0 Å². The van der Waals surface area contributed by atoms with E-state index in [1.807, 2.05) is 26.8 Å². The second-order valence-electron chi connectivity index (χ2n) is 7.52. The third-order valence-corrected chi connectivity index (χ3v) is 5.75. The average molecular weight is 286 g/mol. The van der Waals surface area contributed by atoms with Crippen molar-refractivity contribution in [2.24, 2.45) is 28.3 Å². The van der Waals surface area contributed by atoms with E-state index >= 15 is 0 Å². The Balaban J connectivity index is 1.76. The van der Waals surface area contributed by atoms with Crippen LogP contribution in [0.25, 0.3) is 0 Å². The molecule has 2 heterocycles. The molecule has 5 nitrogen and oxygen atoms in total. The Morgan fingerprint density at radius 1 is 1.19 bits per heavy atom. The molecule has 2 saturated carbocycles. The van der Waals surface area contributed by atoms with Crippen LogP contribution in [0.4, 0.5) is 5.95 Å². The Morgan fingerprint density at radius 2 is 1.81 bits per heavy atom. The largest absolute Gasteiger partial charge is 0.368 e. The Kier molecular flexibility index (Phi) is 2.28. The van der Waals surface area contributed by atoms with Gasteiger partial charge in [-0.1, -0.05) is 13.8 Å². The molecule has 4 rings (SSSR count). The fraction of sp³-hybridized carbons (Fsp3) is 0.688. The van der Waals surface area contributed by atoms with Crippen molar-refractivity contribution in [1.82, 2.24) is 9.97 Å². The average Bonchev–Trinajstić information content (AvgIpc) is 2.69. The van der Waals surface area contributed by atoms with E-state index in [9.17, 15) is 5.11 Å². The van der Waals surface area contributed by atoms with Crippen LogP contribution < -0.4 is 5.01 Å². The number of aryl methyl sites for hydroxylation is 2. The van der Waals surface area contributed by atoms with Gasteiger partial charge in [-0.15, -0.1) is 0 Å². The van der Waals surface area contributed by atoms with E-state index in [2.05, 4.69) is 28.9 Å². The monoisotopic (exact) mass is 286 g/mol. The summed E-state index contributed by atoms with van der Waals surface area (Å²) in [6.45, 7) is 10.5. The molecule has 0 unspecified atom stereocenters. The summed E-state index contributed by atoms with van der Waals surface area (Å²) >= 11 is 0. The summed E-state index contributed by atoms with van der Waals surface area (Å²) in [6.07, 6.45) is 0.756. The van der Waals surface area contributed by atoms with Crippen LogP contribution in [-0.4, -0.2) is 26.5 Å². The summed E-state index contributed by atoms with van der Waals surface area (Å²) in [5.41, 5.74) is 2.21. The normalized spacial score (nSPS) is 39.0. The first-order valence-corrected chi connectivity index (χ1v) is 7.65. The molecule has 1 aromatic heterocycles. The number of hydrazone groups is 1. The maximum Gasteiger partial charge on any atom is 0.249 e. The van der Waals surface area contributed by atoms with Crippen LogP contribution in [0.1, 0.15) is 38.6 Å². The zero-order valence-corrected chi connectivity index (χ0v) is 13.3. The van der Waals surface area contributed by atoms with Gasteiger partial charge in [0.15, 0.2) is 5.72 Å². The van der Waals surface area contributed by atoms with Crippen molar-refractivity contribution in [2.75, 3.05) is 5.01 Å². The molecular weight excluding hydrogens is 264 g/mol. The fourth-order valence-electron chi connectivity index (χ4n) is 4.72. The predicted molar refractivity (Wildman–Crippen MR) is 80.9 cm³/mol. The summed E-state index contributed by atoms with van der Waals surface area (Å²) in [5, 5.41) is 17.6. The lowest BCUT2D eigenvalue weighted by Crippen LogP contribution is -2.49. The second-order valence-corrected chi connectivity index (χ2v) is 7.52. The fourth-order valence-corrected chi connectivity index (χ4v) is 4.72. The van der Waals surface area contributed by atoms with Gasteiger partial charge in [-0.25, -0.2) is 9.97 Å². The number of hydrogen-bond acceptors (Lipinski definition) is 5. The first-order chi connectivity index (χ1) is 9.75. The number of fused-ring (bicyclic) bond motifs is 3. The molecule has 0 amide bonds. The molecule has 1 aromatic rings. The van der Waals surface area contributed by atoms with E-state index in [-0.39, 0.29) is 5.92 Å². The third kappa shape index (κ3) is 1.53. The third-order valence-electron chi connectivity index (χ3n) is 5.75. The molecule has 0 saturated heterocycles. The maximum absolute atomic E-state index is 11.3. The lowest BCUT2D eigenvalue weighted by Gasteiger charge is -2.35. The Bertz CT molecular complexity index is 648. The van der Waals surface area contributed by atoms with Crippen molar-refractivity contribution < 1.29 is 5.11 Å². The maximum atomic E-state index is 11.3. The van der Waals surface area contributed by atoms with Crippen molar-refractivity contribution in [3.63, 3.8) is 0 Å². The summed E-state index contributed by atoms with van der Waals surface area (Å²) in [4.78, 5) is 8.96. The first-order valence-electron chi connectivity index (χ1n) is 7.65. The van der Waals surface area contributed by atoms with E-state index in [0.717, 1.165) is 23.5 Å². The van der Waals surface area contributed by atoms with Gasteiger partial charge in [0.05, 0.1) is 5.92 Å². The van der Waals surface area contributed by atoms with Crippen molar-refractivity contribution in [3.8, 4) is 0 Å². The molecule has 0 aromatic carbocycles. The lowest BCUT2D eigenvalue weighted by molar-refractivity contribution is 0.00554. The van der Waals surface area contributed by atoms with E-state index in [1.54, 1.807) is 5.01 Å². The van der Waals surface area contributed by atoms with Gasteiger partial charge in [0.25, 0.3) is 0 Å². The van der Waals surface area contributed by atoms with Gasteiger partial charge in [0.1, 0.15) is 0 Å². The number of anilines is 1. The van der Waals surface area contributed by atoms with Crippen LogP contribution in [0.3, 0.4) is 0 Å². The standard InChI is InChI=1S/C16H22N4O/c1-8-6-9(2)18-14(17-8)20-16(21)7-11-13(15(11,4)5)12(16)10(3)19-20/h6,11-13,21H,7H2,1-5H3/t11-,12+,13+,16+/m1/s1. The van der Waals surface area contributed by atoms with Crippen molar-refractivity contribution >= 4 is 11.7 Å². The molecule has 0 bridgehead atoms. The Hall–Kier alpha value is -1.49. The highest BCUT2D eigenvalue weighted by atomic mass is 16.3. The molecule has 2 aliphatic carbocycles. The molecule has 5 heteroatoms. The predicted octanol–water partition coefficient (Wildman–Crippen LogP) is 2.27. The van der Waals surface area contributed by atoms with Crippen LogP contribution in [0.15, 0.2) is 11.2 Å². The molecule has 2 fully saturated rings. The molecular formula is C16H22N4O. The highest BCUT2D eigenvalue weighted by Crippen LogP contribution is 2.73. The molecule has 0 spiro atoms. The minimum atomic E-state index is -0.935. The quantitative estimate of drug-likeness (QED) is 0.860. The van der Waals surface area contributed by atoms with Crippen LogP contribution in [-0.2, 0) is 0 Å². The number of aromatic nitrogens is 2. The van der Waals surface area contributed by atoms with Gasteiger partial charge in [0.2, 0.25) is 5.95 Å². The number of nitrogens with zero attached hydrogens (tertiary/aromatic N) is 4. The summed E-state index contributed by atoms with van der Waals surface area (Å²) in [5.74, 6) is 1.74. The van der Waals surface area contributed by atoms with E-state index in [1.165, 1.54) is 0 Å². The summed E-state index contributed by atoms with van der Waals surface area (Å²) in [6, 6.07) is 1.94. The van der Waals surface area contributed by atoms with Crippen molar-refractivity contribution in [3.05, 3.63) is 17.5 Å². The zero-order chi connectivity index (χ0) is 15.2. The highest BCUT2D eigenvalue weighted by Gasteiger charge is 2.75. The second kappa shape index (κ2) is 3.64. The Morgan fingerprint density at radius 3 is 2.43 bits per heavy atom. The van der Waals surface area contributed by atoms with Crippen molar-refractivity contribution in [1.29, 1.82) is 0 Å².